The Morgan fingerprint density at radius 3 is 2.97 bits per heavy atom. The van der Waals surface area contributed by atoms with Gasteiger partial charge in [-0.15, -0.1) is 6.42 Å². The van der Waals surface area contributed by atoms with Crippen molar-refractivity contribution in [1.82, 2.24) is 34.3 Å². The molecule has 7 rings (SSSR count). The Labute approximate surface area is 219 Å². The number of hydrogen-bond acceptors (Lipinski definition) is 8. The first-order valence-corrected chi connectivity index (χ1v) is 12.7. The number of rotatable bonds is 3. The number of hydrogen-bond donors (Lipinski definition) is 3. The van der Waals surface area contributed by atoms with E-state index in [9.17, 15) is 0 Å². The van der Waals surface area contributed by atoms with Crippen molar-refractivity contribution >= 4 is 33.9 Å². The number of fused-ring (bicyclic) bond motifs is 4. The smallest absolute Gasteiger partial charge is 0.153 e. The minimum absolute atomic E-state index is 0.0214. The minimum atomic E-state index is 0.0214. The van der Waals surface area contributed by atoms with Gasteiger partial charge in [0.2, 0.25) is 0 Å². The first kappa shape index (κ1) is 22.3. The van der Waals surface area contributed by atoms with Gasteiger partial charge in [0, 0.05) is 67.0 Å². The molecule has 2 aliphatic rings. The van der Waals surface area contributed by atoms with Crippen molar-refractivity contribution in [2.24, 2.45) is 0 Å². The van der Waals surface area contributed by atoms with Gasteiger partial charge in [-0.05, 0) is 36.4 Å². The first-order valence-electron chi connectivity index (χ1n) is 12.7. The molecule has 1 atom stereocenters. The number of imidazole rings is 1. The molecule has 2 aliphatic heterocycles. The van der Waals surface area contributed by atoms with Crippen LogP contribution in [0, 0.1) is 19.3 Å². The predicted octanol–water partition coefficient (Wildman–Crippen LogP) is 3.86. The highest BCUT2D eigenvalue weighted by Gasteiger charge is 2.23. The summed E-state index contributed by atoms with van der Waals surface area (Å²) in [6.07, 6.45) is 15.0. The Hall–Kier alpha value is -4.91. The van der Waals surface area contributed by atoms with Crippen LogP contribution in [0.2, 0.25) is 0 Å². The Kier molecular flexibility index (Phi) is 5.04. The van der Waals surface area contributed by atoms with Crippen molar-refractivity contribution in [3.63, 3.8) is 0 Å². The second-order valence-corrected chi connectivity index (χ2v) is 9.77. The van der Waals surface area contributed by atoms with Gasteiger partial charge in [0.05, 0.1) is 29.5 Å². The molecule has 0 aromatic carbocycles. The molecule has 0 bridgehead atoms. The van der Waals surface area contributed by atoms with Crippen LogP contribution in [0.25, 0.3) is 22.0 Å². The van der Waals surface area contributed by atoms with Crippen LogP contribution in [0.15, 0.2) is 43.0 Å². The zero-order valence-electron chi connectivity index (χ0n) is 20.9. The van der Waals surface area contributed by atoms with Crippen LogP contribution in [0.1, 0.15) is 35.1 Å². The Morgan fingerprint density at radius 2 is 2.08 bits per heavy atom. The molecule has 10 heteroatoms. The van der Waals surface area contributed by atoms with Crippen LogP contribution in [0.4, 0.5) is 23.1 Å². The third-order valence-corrected chi connectivity index (χ3v) is 7.48. The van der Waals surface area contributed by atoms with E-state index in [1.54, 1.807) is 6.20 Å². The summed E-state index contributed by atoms with van der Waals surface area (Å²) in [5.74, 6) is 5.75. The molecular weight excluding hydrogens is 476 g/mol. The molecule has 0 aliphatic carbocycles. The maximum atomic E-state index is 6.38. The number of nitrogens with zero attached hydrogens (tertiary/aromatic N) is 7. The van der Waals surface area contributed by atoms with E-state index in [2.05, 4.69) is 49.1 Å². The zero-order chi connectivity index (χ0) is 25.8. The van der Waals surface area contributed by atoms with Gasteiger partial charge in [0.1, 0.15) is 17.5 Å². The average molecular weight is 503 g/mol. The molecule has 5 aromatic heterocycles. The lowest BCUT2D eigenvalue weighted by molar-refractivity contribution is 0.641. The molecule has 10 nitrogen and oxygen atoms in total. The van der Waals surface area contributed by atoms with Crippen molar-refractivity contribution in [1.29, 1.82) is 0 Å². The highest BCUT2D eigenvalue weighted by atomic mass is 15.3. The molecule has 0 saturated carbocycles. The number of pyridine rings is 3. The fourth-order valence-corrected chi connectivity index (χ4v) is 5.44. The van der Waals surface area contributed by atoms with Crippen molar-refractivity contribution < 1.29 is 0 Å². The molecule has 0 radical (unpaired) electrons. The van der Waals surface area contributed by atoms with Crippen LogP contribution in [-0.2, 0) is 19.5 Å². The fourth-order valence-electron chi connectivity index (χ4n) is 5.44. The highest BCUT2D eigenvalue weighted by Crippen LogP contribution is 2.37. The third kappa shape index (κ3) is 3.63. The topological polar surface area (TPSA) is 124 Å². The van der Waals surface area contributed by atoms with E-state index in [4.69, 9.17) is 22.2 Å². The number of nitrogen functional groups attached to an aromatic ring is 1. The van der Waals surface area contributed by atoms with Gasteiger partial charge in [-0.25, -0.2) is 15.0 Å². The van der Waals surface area contributed by atoms with Crippen molar-refractivity contribution in [3.8, 4) is 23.6 Å². The van der Waals surface area contributed by atoms with Crippen LogP contribution < -0.4 is 16.4 Å². The van der Waals surface area contributed by atoms with Crippen LogP contribution in [0.5, 0.6) is 0 Å². The van der Waals surface area contributed by atoms with Gasteiger partial charge in [-0.3, -0.25) is 9.67 Å². The molecule has 0 saturated heterocycles. The van der Waals surface area contributed by atoms with Crippen molar-refractivity contribution in [3.05, 3.63) is 65.8 Å². The summed E-state index contributed by atoms with van der Waals surface area (Å²) in [4.78, 5) is 18.4. The summed E-state index contributed by atoms with van der Waals surface area (Å²) < 4.78 is 4.17. The summed E-state index contributed by atoms with van der Waals surface area (Å²) in [6, 6.07) is 6.07. The third-order valence-electron chi connectivity index (χ3n) is 7.48. The molecule has 4 N–H and O–H groups in total. The number of nitrogens with one attached hydrogen (secondary N) is 2. The molecular formula is C28H26N10. The largest absolute Gasteiger partial charge is 0.383 e. The molecule has 0 amide bonds. The molecule has 0 unspecified atom stereocenters. The monoisotopic (exact) mass is 502 g/mol. The molecule has 5 aromatic rings. The Bertz CT molecular complexity index is 1760. The van der Waals surface area contributed by atoms with Gasteiger partial charge in [-0.2, -0.15) is 5.10 Å². The van der Waals surface area contributed by atoms with E-state index in [-0.39, 0.29) is 5.92 Å². The SMILES string of the molecule is C#C[C@@H]1CCNc2c1ncc(-c1cc3cc(Nc4cc5n(n4)Cc4nccn4CC5)ncc3c(N)n1)c2C. The molecule has 0 fully saturated rings. The van der Waals surface area contributed by atoms with Crippen LogP contribution in [0.3, 0.4) is 0 Å². The minimum Gasteiger partial charge on any atom is -0.383 e. The summed E-state index contributed by atoms with van der Waals surface area (Å²) in [6.45, 7) is 4.42. The fraction of sp³-hybridized carbons (Fsp3) is 0.250. The van der Waals surface area contributed by atoms with E-state index in [0.717, 1.165) is 82.2 Å². The second kappa shape index (κ2) is 8.59. The summed E-state index contributed by atoms with van der Waals surface area (Å²) in [5.41, 5.74) is 12.2. The van der Waals surface area contributed by atoms with Crippen molar-refractivity contribution in [2.75, 3.05) is 22.9 Å². The number of terminal acetylenes is 1. The lowest BCUT2D eigenvalue weighted by Gasteiger charge is -2.25. The van der Waals surface area contributed by atoms with Gasteiger partial charge in [0.25, 0.3) is 0 Å². The quantitative estimate of drug-likeness (QED) is 0.318. The van der Waals surface area contributed by atoms with E-state index >= 15 is 0 Å². The van der Waals surface area contributed by atoms with E-state index < -0.39 is 0 Å². The van der Waals surface area contributed by atoms with E-state index in [0.29, 0.717) is 18.2 Å². The zero-order valence-corrected chi connectivity index (χ0v) is 20.9. The van der Waals surface area contributed by atoms with Crippen molar-refractivity contribution in [2.45, 2.75) is 38.8 Å². The molecule has 188 valence electrons. The standard InChI is InChI=1S/C28H26N10/c1-3-17-4-6-31-26-16(2)20(13-33-27(17)26)22-10-18-11-23(32-14-21(18)28(29)34-22)35-24-12-19-5-8-37-9-7-30-25(37)15-38(19)36-24/h1,7,9-14,17,31H,4-6,8,15H2,2H3,(H2,29,34)(H,32,35,36)/t17-/m1/s1. The van der Waals surface area contributed by atoms with Gasteiger partial charge >= 0.3 is 0 Å². The average Bonchev–Trinajstić information content (AvgIpc) is 3.49. The van der Waals surface area contributed by atoms with Gasteiger partial charge in [0.15, 0.2) is 5.82 Å². The summed E-state index contributed by atoms with van der Waals surface area (Å²) in [5, 5.41) is 13.3. The first-order chi connectivity index (χ1) is 18.6. The second-order valence-electron chi connectivity index (χ2n) is 9.77. The predicted molar refractivity (Wildman–Crippen MR) is 147 cm³/mol. The Morgan fingerprint density at radius 1 is 1.16 bits per heavy atom. The number of aryl methyl sites for hydroxylation is 2. The van der Waals surface area contributed by atoms with Crippen LogP contribution in [-0.4, -0.2) is 40.8 Å². The van der Waals surface area contributed by atoms with Gasteiger partial charge < -0.3 is 20.9 Å². The summed E-state index contributed by atoms with van der Waals surface area (Å²) >= 11 is 0. The van der Waals surface area contributed by atoms with E-state index in [1.807, 2.05) is 35.4 Å². The molecule has 0 spiro atoms. The molecule has 7 heterocycles. The summed E-state index contributed by atoms with van der Waals surface area (Å²) in [7, 11) is 0. The van der Waals surface area contributed by atoms with E-state index in [1.165, 1.54) is 0 Å². The molecule has 38 heavy (non-hydrogen) atoms. The number of nitrogens with two attached hydrogens (primary N) is 1. The van der Waals surface area contributed by atoms with Crippen LogP contribution >= 0.6 is 0 Å². The maximum Gasteiger partial charge on any atom is 0.153 e. The maximum absolute atomic E-state index is 6.38. The number of aromatic nitrogens is 7. The Balaban J connectivity index is 1.22. The normalized spacial score (nSPS) is 16.1. The highest BCUT2D eigenvalue weighted by molar-refractivity contribution is 5.95. The number of anilines is 4. The lowest BCUT2D eigenvalue weighted by atomic mass is 9.92. The lowest BCUT2D eigenvalue weighted by Crippen LogP contribution is -2.18. The van der Waals surface area contributed by atoms with Gasteiger partial charge in [-0.1, -0.05) is 5.92 Å².